The summed E-state index contributed by atoms with van der Waals surface area (Å²) in [6, 6.07) is 20.8. The smallest absolute Gasteiger partial charge is 0.254 e. The first-order chi connectivity index (χ1) is 18.6. The van der Waals surface area contributed by atoms with Crippen molar-refractivity contribution in [2.45, 2.75) is 13.1 Å². The molecule has 4 heterocycles. The zero-order valence-corrected chi connectivity index (χ0v) is 21.4. The number of rotatable bonds is 7. The van der Waals surface area contributed by atoms with E-state index in [2.05, 4.69) is 16.1 Å². The van der Waals surface area contributed by atoms with E-state index in [0.29, 0.717) is 42.6 Å². The maximum absolute atomic E-state index is 13.9. The molecule has 38 heavy (non-hydrogen) atoms. The third-order valence-corrected chi connectivity index (χ3v) is 6.84. The molecule has 0 saturated carbocycles. The van der Waals surface area contributed by atoms with Gasteiger partial charge in [-0.2, -0.15) is 5.10 Å². The second kappa shape index (κ2) is 10.7. The Kier molecular flexibility index (Phi) is 6.81. The summed E-state index contributed by atoms with van der Waals surface area (Å²) in [5, 5.41) is 5.87. The maximum Gasteiger partial charge on any atom is 0.254 e. The first kappa shape index (κ1) is 24.2. The number of ether oxygens (including phenoxy) is 1. The van der Waals surface area contributed by atoms with Gasteiger partial charge in [0.25, 0.3) is 5.91 Å². The fraction of sp³-hybridized carbons (Fsp3) is 0.207. The minimum atomic E-state index is -0.0995. The molecule has 0 atom stereocenters. The van der Waals surface area contributed by atoms with Crippen molar-refractivity contribution in [3.63, 3.8) is 0 Å². The molecule has 2 aromatic carbocycles. The highest BCUT2D eigenvalue weighted by atomic mass is 35.5. The molecule has 5 aromatic rings. The number of aromatic nitrogens is 3. The van der Waals surface area contributed by atoms with Crippen LogP contribution in [0.25, 0.3) is 16.6 Å². The van der Waals surface area contributed by atoms with E-state index in [4.69, 9.17) is 25.7 Å². The lowest BCUT2D eigenvalue weighted by Gasteiger charge is -2.31. The van der Waals surface area contributed by atoms with Crippen molar-refractivity contribution in [3.8, 4) is 5.69 Å². The second-order valence-corrected chi connectivity index (χ2v) is 9.58. The Morgan fingerprint density at radius 1 is 1.00 bits per heavy atom. The minimum Gasteiger partial charge on any atom is -0.467 e. The summed E-state index contributed by atoms with van der Waals surface area (Å²) < 4.78 is 13.0. The zero-order valence-electron chi connectivity index (χ0n) is 20.7. The first-order valence-corrected chi connectivity index (χ1v) is 12.9. The number of halogens is 1. The molecule has 9 heteroatoms. The molecule has 6 rings (SSSR count). The summed E-state index contributed by atoms with van der Waals surface area (Å²) in [6.45, 7) is 3.41. The van der Waals surface area contributed by atoms with E-state index in [1.165, 1.54) is 0 Å². The Labute approximate surface area is 225 Å². The summed E-state index contributed by atoms with van der Waals surface area (Å²) in [7, 11) is 0. The van der Waals surface area contributed by atoms with Crippen LogP contribution in [0.4, 0.5) is 5.82 Å². The molecule has 0 unspecified atom stereocenters. The maximum atomic E-state index is 13.9. The molecule has 0 radical (unpaired) electrons. The largest absolute Gasteiger partial charge is 0.467 e. The Hall–Kier alpha value is -4.14. The molecular formula is C29H26ClN5O3. The van der Waals surface area contributed by atoms with E-state index in [-0.39, 0.29) is 5.91 Å². The molecule has 1 amide bonds. The van der Waals surface area contributed by atoms with E-state index in [1.807, 2.05) is 66.9 Å². The summed E-state index contributed by atoms with van der Waals surface area (Å²) in [5.41, 5.74) is 3.24. The van der Waals surface area contributed by atoms with Crippen LogP contribution in [0.1, 0.15) is 21.7 Å². The molecule has 0 N–H and O–H groups in total. The van der Waals surface area contributed by atoms with E-state index in [9.17, 15) is 4.79 Å². The number of fused-ring (bicyclic) bond motifs is 1. The molecule has 0 bridgehead atoms. The highest BCUT2D eigenvalue weighted by Crippen LogP contribution is 2.28. The number of furan rings is 1. The highest BCUT2D eigenvalue weighted by molar-refractivity contribution is 6.31. The van der Waals surface area contributed by atoms with Crippen molar-refractivity contribution in [2.24, 2.45) is 0 Å². The van der Waals surface area contributed by atoms with Gasteiger partial charge in [-0.3, -0.25) is 4.79 Å². The summed E-state index contributed by atoms with van der Waals surface area (Å²) >= 11 is 6.27. The average molecular weight is 528 g/mol. The average Bonchev–Trinajstić information content (AvgIpc) is 3.68. The molecule has 0 aliphatic carbocycles. The molecule has 1 fully saturated rings. The Bertz CT molecular complexity index is 1530. The van der Waals surface area contributed by atoms with Crippen molar-refractivity contribution in [3.05, 3.63) is 107 Å². The standard InChI is InChI=1S/C29H26ClN5O3/c30-24-7-4-22-17-23(28(32-27(22)18-24)33-12-15-37-16-13-33)19-34(20-26-3-1-14-38-26)29(36)21-5-8-25(9-6-21)35-11-2-10-31-35/h1-11,14,17-18H,12-13,15-16,19-20H2. The third kappa shape index (κ3) is 5.14. The van der Waals surface area contributed by atoms with Gasteiger partial charge in [0.05, 0.1) is 43.8 Å². The molecule has 1 saturated heterocycles. The van der Waals surface area contributed by atoms with Gasteiger partial charge in [0.1, 0.15) is 11.6 Å². The molecule has 1 aliphatic heterocycles. The summed E-state index contributed by atoms with van der Waals surface area (Å²) in [6.07, 6.45) is 5.21. The normalized spacial score (nSPS) is 13.7. The number of carbonyl (C=O) groups is 1. The monoisotopic (exact) mass is 527 g/mol. The van der Waals surface area contributed by atoms with Crippen molar-refractivity contribution in [1.82, 2.24) is 19.7 Å². The second-order valence-electron chi connectivity index (χ2n) is 9.15. The minimum absolute atomic E-state index is 0.0995. The molecule has 192 valence electrons. The Morgan fingerprint density at radius 3 is 2.58 bits per heavy atom. The molecule has 3 aromatic heterocycles. The van der Waals surface area contributed by atoms with Gasteiger partial charge in [-0.05, 0) is 60.7 Å². The lowest BCUT2D eigenvalue weighted by atomic mass is 10.1. The van der Waals surface area contributed by atoms with Crippen LogP contribution in [0.3, 0.4) is 0 Å². The fourth-order valence-electron chi connectivity index (χ4n) is 4.70. The van der Waals surface area contributed by atoms with Crippen molar-refractivity contribution >= 4 is 34.2 Å². The van der Waals surface area contributed by atoms with Crippen molar-refractivity contribution in [2.75, 3.05) is 31.2 Å². The lowest BCUT2D eigenvalue weighted by molar-refractivity contribution is 0.0717. The third-order valence-electron chi connectivity index (χ3n) is 6.60. The number of amides is 1. The lowest BCUT2D eigenvalue weighted by Crippen LogP contribution is -2.38. The number of nitrogens with zero attached hydrogens (tertiary/aromatic N) is 5. The van der Waals surface area contributed by atoms with Gasteiger partial charge < -0.3 is 19.0 Å². The van der Waals surface area contributed by atoms with Gasteiger partial charge in [-0.15, -0.1) is 0 Å². The van der Waals surface area contributed by atoms with E-state index in [0.717, 1.165) is 41.1 Å². The topological polar surface area (TPSA) is 76.6 Å². The Balaban J connectivity index is 1.36. The number of pyridine rings is 1. The number of benzene rings is 2. The van der Waals surface area contributed by atoms with Crippen LogP contribution in [-0.4, -0.2) is 51.9 Å². The molecular weight excluding hydrogens is 502 g/mol. The van der Waals surface area contributed by atoms with Gasteiger partial charge in [-0.1, -0.05) is 17.7 Å². The number of anilines is 1. The van der Waals surface area contributed by atoms with Crippen LogP contribution >= 0.6 is 11.6 Å². The van der Waals surface area contributed by atoms with Gasteiger partial charge >= 0.3 is 0 Å². The highest BCUT2D eigenvalue weighted by Gasteiger charge is 2.23. The van der Waals surface area contributed by atoms with Crippen molar-refractivity contribution < 1.29 is 13.9 Å². The van der Waals surface area contributed by atoms with Crippen LogP contribution < -0.4 is 4.90 Å². The Morgan fingerprint density at radius 2 is 1.84 bits per heavy atom. The number of carbonyl (C=O) groups excluding carboxylic acids is 1. The van der Waals surface area contributed by atoms with Crippen LogP contribution in [0, 0.1) is 0 Å². The van der Waals surface area contributed by atoms with Gasteiger partial charge in [0.15, 0.2) is 0 Å². The van der Waals surface area contributed by atoms with Crippen LogP contribution in [0.5, 0.6) is 0 Å². The predicted octanol–water partition coefficient (Wildman–Crippen LogP) is 5.35. The summed E-state index contributed by atoms with van der Waals surface area (Å²) in [4.78, 5) is 22.9. The molecule has 1 aliphatic rings. The first-order valence-electron chi connectivity index (χ1n) is 12.5. The fourth-order valence-corrected chi connectivity index (χ4v) is 4.86. The number of hydrogen-bond acceptors (Lipinski definition) is 6. The molecule has 0 spiro atoms. The summed E-state index contributed by atoms with van der Waals surface area (Å²) in [5.74, 6) is 1.45. The van der Waals surface area contributed by atoms with Crippen LogP contribution in [0.2, 0.25) is 5.02 Å². The number of morpholine rings is 1. The van der Waals surface area contributed by atoms with E-state index < -0.39 is 0 Å². The predicted molar refractivity (Wildman–Crippen MR) is 146 cm³/mol. The van der Waals surface area contributed by atoms with Gasteiger partial charge in [0.2, 0.25) is 0 Å². The zero-order chi connectivity index (χ0) is 25.9. The molecule has 8 nitrogen and oxygen atoms in total. The quantitative estimate of drug-likeness (QED) is 0.284. The van der Waals surface area contributed by atoms with E-state index >= 15 is 0 Å². The van der Waals surface area contributed by atoms with E-state index in [1.54, 1.807) is 22.0 Å². The van der Waals surface area contributed by atoms with Crippen molar-refractivity contribution in [1.29, 1.82) is 0 Å². The van der Waals surface area contributed by atoms with Crippen LogP contribution in [-0.2, 0) is 17.8 Å². The van der Waals surface area contributed by atoms with Gasteiger partial charge in [-0.25, -0.2) is 9.67 Å². The SMILES string of the molecule is O=C(c1ccc(-n2cccn2)cc1)N(Cc1ccco1)Cc1cc2ccc(Cl)cc2nc1N1CCOCC1. The van der Waals surface area contributed by atoms with Gasteiger partial charge in [0, 0.05) is 47.0 Å². The number of hydrogen-bond donors (Lipinski definition) is 0. The van der Waals surface area contributed by atoms with Crippen LogP contribution in [0.15, 0.2) is 89.8 Å².